The highest BCUT2D eigenvalue weighted by molar-refractivity contribution is 7.44. The zero-order valence-electron chi connectivity index (χ0n) is 14.0. The molecule has 21 heavy (non-hydrogen) atoms. The van der Waals surface area contributed by atoms with E-state index in [1.807, 2.05) is 0 Å². The molecule has 0 rings (SSSR count). The molecule has 0 heterocycles. The first-order valence-electron chi connectivity index (χ1n) is 8.37. The Morgan fingerprint density at radius 2 is 1.62 bits per heavy atom. The average molecular weight is 320 g/mol. The van der Waals surface area contributed by atoms with Gasteiger partial charge in [-0.1, -0.05) is 46.5 Å². The highest BCUT2D eigenvalue weighted by Crippen LogP contribution is 2.24. The van der Waals surface area contributed by atoms with Crippen molar-refractivity contribution in [2.75, 3.05) is 32.1 Å². The first-order valence-corrected chi connectivity index (χ1v) is 10.2. The standard InChI is InChI=1S/C16H33O4P/c1-4-6-8-10-19-12-13-21(18)14-15(3)16(17)20-11-9-7-5-2/h15,21H,4-14H2,1-3H3. The van der Waals surface area contributed by atoms with Crippen molar-refractivity contribution in [2.24, 2.45) is 5.92 Å². The molecule has 5 heteroatoms. The molecule has 0 fully saturated rings. The van der Waals surface area contributed by atoms with Crippen molar-refractivity contribution in [3.8, 4) is 0 Å². The Kier molecular flexibility index (Phi) is 14.4. The second-order valence-electron chi connectivity index (χ2n) is 5.59. The Hall–Kier alpha value is -0.340. The van der Waals surface area contributed by atoms with Crippen LogP contribution in [0.25, 0.3) is 0 Å². The number of carbonyl (C=O) groups is 1. The van der Waals surface area contributed by atoms with Gasteiger partial charge in [0.1, 0.15) is 0 Å². The maximum atomic E-state index is 11.9. The van der Waals surface area contributed by atoms with E-state index in [0.717, 1.165) is 32.3 Å². The van der Waals surface area contributed by atoms with Gasteiger partial charge in [-0.2, -0.15) is 0 Å². The summed E-state index contributed by atoms with van der Waals surface area (Å²) in [7, 11) is -1.74. The van der Waals surface area contributed by atoms with Crippen molar-refractivity contribution < 1.29 is 18.8 Å². The lowest BCUT2D eigenvalue weighted by Gasteiger charge is -2.11. The van der Waals surface area contributed by atoms with Crippen molar-refractivity contribution >= 4 is 13.8 Å². The highest BCUT2D eigenvalue weighted by Gasteiger charge is 2.17. The molecule has 2 atom stereocenters. The normalized spacial score (nSPS) is 13.9. The van der Waals surface area contributed by atoms with Gasteiger partial charge < -0.3 is 14.0 Å². The number of hydrogen-bond donors (Lipinski definition) is 0. The first kappa shape index (κ1) is 20.7. The van der Waals surface area contributed by atoms with Crippen molar-refractivity contribution in [3.63, 3.8) is 0 Å². The molecule has 0 aromatic rings. The smallest absolute Gasteiger partial charge is 0.309 e. The molecular weight excluding hydrogens is 287 g/mol. The topological polar surface area (TPSA) is 52.6 Å². The Balaban J connectivity index is 3.61. The maximum absolute atomic E-state index is 11.9. The van der Waals surface area contributed by atoms with Crippen LogP contribution < -0.4 is 0 Å². The third-order valence-electron chi connectivity index (χ3n) is 3.35. The lowest BCUT2D eigenvalue weighted by Crippen LogP contribution is -2.18. The lowest BCUT2D eigenvalue weighted by atomic mass is 10.2. The van der Waals surface area contributed by atoms with Crippen LogP contribution in [0.15, 0.2) is 0 Å². The molecule has 0 bridgehead atoms. The maximum Gasteiger partial charge on any atom is 0.309 e. The molecule has 0 saturated carbocycles. The number of carbonyl (C=O) groups excluding carboxylic acids is 1. The molecule has 0 radical (unpaired) electrons. The van der Waals surface area contributed by atoms with Gasteiger partial charge in [-0.05, 0) is 12.8 Å². The predicted octanol–water partition coefficient (Wildman–Crippen LogP) is 4.12. The molecule has 0 N–H and O–H groups in total. The van der Waals surface area contributed by atoms with Crippen LogP contribution in [0.2, 0.25) is 0 Å². The molecule has 0 aliphatic rings. The van der Waals surface area contributed by atoms with Gasteiger partial charge in [0.2, 0.25) is 0 Å². The summed E-state index contributed by atoms with van der Waals surface area (Å²) in [6.45, 7) is 7.84. The van der Waals surface area contributed by atoms with E-state index in [1.165, 1.54) is 12.8 Å². The highest BCUT2D eigenvalue weighted by atomic mass is 31.1. The summed E-state index contributed by atoms with van der Waals surface area (Å²) in [6, 6.07) is 0. The summed E-state index contributed by atoms with van der Waals surface area (Å²) in [5.41, 5.74) is 0. The molecule has 0 spiro atoms. The van der Waals surface area contributed by atoms with E-state index in [2.05, 4.69) is 13.8 Å². The van der Waals surface area contributed by atoms with Crippen molar-refractivity contribution in [1.82, 2.24) is 0 Å². The zero-order chi connectivity index (χ0) is 15.9. The minimum atomic E-state index is -1.74. The van der Waals surface area contributed by atoms with Gasteiger partial charge in [0.15, 0.2) is 0 Å². The van der Waals surface area contributed by atoms with E-state index >= 15 is 0 Å². The van der Waals surface area contributed by atoms with Gasteiger partial charge in [-0.3, -0.25) is 4.79 Å². The van der Waals surface area contributed by atoms with Gasteiger partial charge in [0.05, 0.1) is 26.9 Å². The number of ether oxygens (including phenoxy) is 2. The molecule has 2 unspecified atom stereocenters. The van der Waals surface area contributed by atoms with Gasteiger partial charge in [0, 0.05) is 18.9 Å². The van der Waals surface area contributed by atoms with E-state index < -0.39 is 7.80 Å². The third kappa shape index (κ3) is 13.1. The summed E-state index contributed by atoms with van der Waals surface area (Å²) in [6.07, 6.45) is 7.54. The van der Waals surface area contributed by atoms with Gasteiger partial charge in [-0.25, -0.2) is 0 Å². The summed E-state index contributed by atoms with van der Waals surface area (Å²) in [4.78, 5) is 11.7. The van der Waals surface area contributed by atoms with Gasteiger partial charge in [0.25, 0.3) is 0 Å². The predicted molar refractivity (Wildman–Crippen MR) is 88.7 cm³/mol. The van der Waals surface area contributed by atoms with Crippen LogP contribution in [0.5, 0.6) is 0 Å². The zero-order valence-corrected chi connectivity index (χ0v) is 15.0. The van der Waals surface area contributed by atoms with Crippen LogP contribution >= 0.6 is 7.80 Å². The average Bonchev–Trinajstić information content (AvgIpc) is 2.47. The van der Waals surface area contributed by atoms with Crippen LogP contribution in [0, 0.1) is 5.92 Å². The quantitative estimate of drug-likeness (QED) is 0.274. The Bertz CT molecular complexity index is 281. The van der Waals surface area contributed by atoms with Crippen LogP contribution in [0.3, 0.4) is 0 Å². The second kappa shape index (κ2) is 14.6. The van der Waals surface area contributed by atoms with Crippen molar-refractivity contribution in [3.05, 3.63) is 0 Å². The summed E-state index contributed by atoms with van der Waals surface area (Å²) in [5, 5.41) is 0. The molecule has 0 aliphatic carbocycles. The van der Waals surface area contributed by atoms with Crippen LogP contribution in [0.4, 0.5) is 0 Å². The van der Waals surface area contributed by atoms with Crippen molar-refractivity contribution in [1.29, 1.82) is 0 Å². The molecule has 0 aliphatic heterocycles. The SMILES string of the molecule is CCCCCOCC[PH](=O)CC(C)C(=O)OCCCCC. The Morgan fingerprint density at radius 1 is 1.00 bits per heavy atom. The fourth-order valence-corrected chi connectivity index (χ4v) is 3.36. The lowest BCUT2D eigenvalue weighted by molar-refractivity contribution is -0.147. The van der Waals surface area contributed by atoms with E-state index in [4.69, 9.17) is 9.47 Å². The summed E-state index contributed by atoms with van der Waals surface area (Å²) >= 11 is 0. The molecule has 0 amide bonds. The Morgan fingerprint density at radius 3 is 2.24 bits per heavy atom. The van der Waals surface area contributed by atoms with E-state index in [9.17, 15) is 9.36 Å². The minimum Gasteiger partial charge on any atom is -0.465 e. The van der Waals surface area contributed by atoms with Gasteiger partial charge >= 0.3 is 5.97 Å². The number of unbranched alkanes of at least 4 members (excludes halogenated alkanes) is 4. The molecule has 0 saturated heterocycles. The fraction of sp³-hybridized carbons (Fsp3) is 0.938. The molecular formula is C16H33O4P. The molecule has 0 aromatic heterocycles. The van der Waals surface area contributed by atoms with Gasteiger partial charge in [-0.15, -0.1) is 0 Å². The number of hydrogen-bond acceptors (Lipinski definition) is 4. The molecule has 4 nitrogen and oxygen atoms in total. The number of rotatable bonds is 14. The number of esters is 1. The Labute approximate surface area is 130 Å². The fourth-order valence-electron chi connectivity index (χ4n) is 1.94. The second-order valence-corrected chi connectivity index (χ2v) is 7.57. The summed E-state index contributed by atoms with van der Waals surface area (Å²) < 4.78 is 22.6. The van der Waals surface area contributed by atoms with Crippen LogP contribution in [-0.4, -0.2) is 38.1 Å². The molecule has 0 aromatic carbocycles. The first-order chi connectivity index (χ1) is 10.1. The van der Waals surface area contributed by atoms with E-state index in [0.29, 0.717) is 25.5 Å². The van der Waals surface area contributed by atoms with E-state index in [-0.39, 0.29) is 11.9 Å². The molecule has 126 valence electrons. The van der Waals surface area contributed by atoms with Crippen molar-refractivity contribution in [2.45, 2.75) is 59.3 Å². The third-order valence-corrected chi connectivity index (χ3v) is 5.18. The van der Waals surface area contributed by atoms with Crippen LogP contribution in [0.1, 0.15) is 59.3 Å². The largest absolute Gasteiger partial charge is 0.465 e. The monoisotopic (exact) mass is 320 g/mol. The minimum absolute atomic E-state index is 0.215. The van der Waals surface area contributed by atoms with Crippen LogP contribution in [-0.2, 0) is 18.8 Å². The van der Waals surface area contributed by atoms with E-state index in [1.54, 1.807) is 6.92 Å². The summed E-state index contributed by atoms with van der Waals surface area (Å²) in [5.74, 6) is -0.480.